The summed E-state index contributed by atoms with van der Waals surface area (Å²) in [5.41, 5.74) is 2.58. The summed E-state index contributed by atoms with van der Waals surface area (Å²) >= 11 is 0. The van der Waals surface area contributed by atoms with Gasteiger partial charge in [-0.3, -0.25) is 0 Å². The molecule has 0 radical (unpaired) electrons. The highest BCUT2D eigenvalue weighted by molar-refractivity contribution is 5.47. The molecule has 1 N–H and O–H groups in total. The van der Waals surface area contributed by atoms with Gasteiger partial charge in [-0.15, -0.1) is 0 Å². The van der Waals surface area contributed by atoms with Gasteiger partial charge in [0.1, 0.15) is 0 Å². The maximum absolute atomic E-state index is 3.23. The fourth-order valence-corrected chi connectivity index (χ4v) is 1.24. The third-order valence-corrected chi connectivity index (χ3v) is 2.32. The number of hydrogen-bond donors (Lipinski definition) is 1. The molecule has 0 unspecified atom stereocenters. The minimum Gasteiger partial charge on any atom is -0.378 e. The Morgan fingerprint density at radius 1 is 1.31 bits per heavy atom. The second kappa shape index (κ2) is 4.28. The quantitative estimate of drug-likeness (QED) is 0.762. The van der Waals surface area contributed by atoms with E-state index >= 15 is 0 Å². The fraction of sp³-hybridized carbons (Fsp3) is 0.455. The maximum atomic E-state index is 3.23. The number of hydrogen-bond acceptors (Lipinski definition) is 2. The van der Waals surface area contributed by atoms with Gasteiger partial charge in [-0.25, -0.2) is 0 Å². The smallest absolute Gasteiger partial charge is 0.0364 e. The highest BCUT2D eigenvalue weighted by Gasteiger charge is 2.03. The molecule has 2 nitrogen and oxygen atoms in total. The summed E-state index contributed by atoms with van der Waals surface area (Å²) < 4.78 is 0. The normalized spacial score (nSPS) is 12.6. The minimum atomic E-state index is 0.417. The van der Waals surface area contributed by atoms with Crippen LogP contribution in [0.2, 0.25) is 0 Å². The summed E-state index contributed by atoms with van der Waals surface area (Å²) in [6, 6.07) is 8.99. The zero-order valence-corrected chi connectivity index (χ0v) is 8.83. The van der Waals surface area contributed by atoms with Crippen LogP contribution in [0.4, 0.5) is 5.69 Å². The van der Waals surface area contributed by atoms with E-state index < -0.39 is 0 Å². The molecule has 0 aliphatic heterocycles. The highest BCUT2D eigenvalue weighted by atomic mass is 15.1. The molecule has 2 heteroatoms. The molecule has 1 atom stereocenters. The van der Waals surface area contributed by atoms with Crippen LogP contribution in [-0.4, -0.2) is 21.1 Å². The average Bonchev–Trinajstić information content (AvgIpc) is 2.17. The van der Waals surface area contributed by atoms with Crippen molar-refractivity contribution in [2.45, 2.75) is 13.0 Å². The van der Waals surface area contributed by atoms with Gasteiger partial charge in [0.2, 0.25) is 0 Å². The number of nitrogens with zero attached hydrogens (tertiary/aromatic N) is 1. The van der Waals surface area contributed by atoms with Crippen molar-refractivity contribution in [3.05, 3.63) is 29.8 Å². The van der Waals surface area contributed by atoms with E-state index in [4.69, 9.17) is 0 Å². The lowest BCUT2D eigenvalue weighted by molar-refractivity contribution is 0.652. The lowest BCUT2D eigenvalue weighted by Gasteiger charge is -2.16. The van der Waals surface area contributed by atoms with Crippen LogP contribution in [0.5, 0.6) is 0 Å². The van der Waals surface area contributed by atoms with Crippen molar-refractivity contribution in [3.8, 4) is 0 Å². The summed E-state index contributed by atoms with van der Waals surface area (Å²) in [6.45, 7) is 2.16. The van der Waals surface area contributed by atoms with E-state index in [1.165, 1.54) is 11.3 Å². The van der Waals surface area contributed by atoms with E-state index in [0.29, 0.717) is 6.04 Å². The minimum absolute atomic E-state index is 0.417. The molecule has 0 heterocycles. The monoisotopic (exact) mass is 178 g/mol. The van der Waals surface area contributed by atoms with Gasteiger partial charge in [0.25, 0.3) is 0 Å². The van der Waals surface area contributed by atoms with Crippen LogP contribution in [0.15, 0.2) is 24.3 Å². The Morgan fingerprint density at radius 3 is 2.54 bits per heavy atom. The van der Waals surface area contributed by atoms with E-state index in [0.717, 1.165) is 0 Å². The van der Waals surface area contributed by atoms with Crippen LogP contribution < -0.4 is 10.2 Å². The molecule has 0 saturated carbocycles. The van der Waals surface area contributed by atoms with Gasteiger partial charge in [-0.2, -0.15) is 0 Å². The zero-order valence-electron chi connectivity index (χ0n) is 8.83. The number of rotatable bonds is 3. The van der Waals surface area contributed by atoms with Crippen molar-refractivity contribution >= 4 is 5.69 Å². The molecular weight excluding hydrogens is 160 g/mol. The van der Waals surface area contributed by atoms with Crippen molar-refractivity contribution in [2.75, 3.05) is 26.0 Å². The molecule has 0 amide bonds. The third kappa shape index (κ3) is 2.46. The summed E-state index contributed by atoms with van der Waals surface area (Å²) in [5.74, 6) is 0. The van der Waals surface area contributed by atoms with Crippen LogP contribution in [0, 0.1) is 0 Å². The van der Waals surface area contributed by atoms with Crippen LogP contribution >= 0.6 is 0 Å². The molecule has 0 aliphatic rings. The SMILES string of the molecule is CN[C@@H](C)c1cccc(N(C)C)c1. The Labute approximate surface area is 80.6 Å². The summed E-state index contributed by atoms with van der Waals surface area (Å²) in [6.07, 6.45) is 0. The first-order chi connectivity index (χ1) is 6.15. The maximum Gasteiger partial charge on any atom is 0.0364 e. The van der Waals surface area contributed by atoms with Crippen LogP contribution in [0.25, 0.3) is 0 Å². The predicted octanol–water partition coefficient (Wildman–Crippen LogP) is 2.03. The summed E-state index contributed by atoms with van der Waals surface area (Å²) in [5, 5.41) is 3.23. The van der Waals surface area contributed by atoms with Gasteiger partial charge in [0.15, 0.2) is 0 Å². The third-order valence-electron chi connectivity index (χ3n) is 2.32. The molecule has 72 valence electrons. The average molecular weight is 178 g/mol. The van der Waals surface area contributed by atoms with Crippen molar-refractivity contribution < 1.29 is 0 Å². The lowest BCUT2D eigenvalue weighted by atomic mass is 10.1. The lowest BCUT2D eigenvalue weighted by Crippen LogP contribution is -2.14. The van der Waals surface area contributed by atoms with E-state index in [-0.39, 0.29) is 0 Å². The van der Waals surface area contributed by atoms with Gasteiger partial charge in [-0.05, 0) is 31.7 Å². The molecule has 13 heavy (non-hydrogen) atoms. The fourth-order valence-electron chi connectivity index (χ4n) is 1.24. The Bertz CT molecular complexity index is 269. The Kier molecular flexibility index (Phi) is 3.32. The molecule has 1 aromatic rings. The molecule has 0 fully saturated rings. The molecule has 0 saturated heterocycles. The first-order valence-electron chi connectivity index (χ1n) is 4.59. The molecule has 0 aliphatic carbocycles. The van der Waals surface area contributed by atoms with Crippen molar-refractivity contribution in [2.24, 2.45) is 0 Å². The van der Waals surface area contributed by atoms with E-state index in [9.17, 15) is 0 Å². The van der Waals surface area contributed by atoms with E-state index in [2.05, 4.69) is 55.5 Å². The number of anilines is 1. The standard InChI is InChI=1S/C11H18N2/c1-9(12-2)10-6-5-7-11(8-10)13(3)4/h5-9,12H,1-4H3/t9-/m0/s1. The molecule has 1 aromatic carbocycles. The van der Waals surface area contributed by atoms with E-state index in [1.54, 1.807) is 0 Å². The second-order valence-electron chi connectivity index (χ2n) is 3.50. The van der Waals surface area contributed by atoms with Crippen LogP contribution in [-0.2, 0) is 0 Å². The largest absolute Gasteiger partial charge is 0.378 e. The summed E-state index contributed by atoms with van der Waals surface area (Å²) in [7, 11) is 6.10. The summed E-state index contributed by atoms with van der Waals surface area (Å²) in [4.78, 5) is 2.12. The van der Waals surface area contributed by atoms with Gasteiger partial charge in [-0.1, -0.05) is 12.1 Å². The zero-order chi connectivity index (χ0) is 9.84. The van der Waals surface area contributed by atoms with Crippen molar-refractivity contribution in [3.63, 3.8) is 0 Å². The van der Waals surface area contributed by atoms with Gasteiger partial charge in [0.05, 0.1) is 0 Å². The first-order valence-corrected chi connectivity index (χ1v) is 4.59. The first kappa shape index (κ1) is 10.1. The Balaban J connectivity index is 2.91. The number of benzene rings is 1. The van der Waals surface area contributed by atoms with Crippen molar-refractivity contribution in [1.29, 1.82) is 0 Å². The molecule has 0 aromatic heterocycles. The number of nitrogens with one attached hydrogen (secondary N) is 1. The van der Waals surface area contributed by atoms with Gasteiger partial charge >= 0.3 is 0 Å². The Hall–Kier alpha value is -1.02. The van der Waals surface area contributed by atoms with Crippen molar-refractivity contribution in [1.82, 2.24) is 5.32 Å². The predicted molar refractivity (Wildman–Crippen MR) is 58.2 cm³/mol. The van der Waals surface area contributed by atoms with Crippen LogP contribution in [0.1, 0.15) is 18.5 Å². The molecular formula is C11H18N2. The molecule has 0 bridgehead atoms. The van der Waals surface area contributed by atoms with Crippen LogP contribution in [0.3, 0.4) is 0 Å². The van der Waals surface area contributed by atoms with E-state index in [1.807, 2.05) is 7.05 Å². The highest BCUT2D eigenvalue weighted by Crippen LogP contribution is 2.18. The second-order valence-corrected chi connectivity index (χ2v) is 3.50. The molecule has 1 rings (SSSR count). The van der Waals surface area contributed by atoms with Gasteiger partial charge < -0.3 is 10.2 Å². The molecule has 0 spiro atoms. The van der Waals surface area contributed by atoms with Gasteiger partial charge in [0, 0.05) is 25.8 Å². The Morgan fingerprint density at radius 2 is 2.00 bits per heavy atom. The topological polar surface area (TPSA) is 15.3 Å².